The maximum Gasteiger partial charge on any atom is 0.340 e. The Hall–Kier alpha value is -2.49. The predicted octanol–water partition coefficient (Wildman–Crippen LogP) is 4.73. The Balaban J connectivity index is 0.000000298. The van der Waals surface area contributed by atoms with Gasteiger partial charge in [-0.3, -0.25) is 14.5 Å². The minimum absolute atomic E-state index is 0.0358. The van der Waals surface area contributed by atoms with Crippen molar-refractivity contribution >= 4 is 23.5 Å². The molecular weight excluding hydrogens is 791 g/mol. The van der Waals surface area contributed by atoms with Crippen LogP contribution in [0.15, 0.2) is 24.3 Å². The molecule has 16 atom stereocenters. The average Bonchev–Trinajstić information content (AvgIpc) is 3.74. The number of amides is 2. The van der Waals surface area contributed by atoms with Crippen molar-refractivity contribution < 1.29 is 48.3 Å². The lowest BCUT2D eigenvalue weighted by atomic mass is 9.42. The number of nitrogens with zero attached hydrogens (tertiary/aromatic N) is 2. The number of piperidine rings is 1. The van der Waals surface area contributed by atoms with Crippen molar-refractivity contribution in [2.24, 2.45) is 62.9 Å². The molecule has 1 aromatic carbocycles. The third kappa shape index (κ3) is 5.51. The third-order valence-corrected chi connectivity index (χ3v) is 19.2. The summed E-state index contributed by atoms with van der Waals surface area (Å²) in [6.07, 6.45) is 9.09. The highest BCUT2D eigenvalue weighted by Gasteiger charge is 2.91. The molecule has 2 heterocycles. The van der Waals surface area contributed by atoms with Crippen molar-refractivity contribution in [3.63, 3.8) is 0 Å². The van der Waals surface area contributed by atoms with Crippen LogP contribution in [0.25, 0.3) is 0 Å². The molecule has 4 N–H and O–H groups in total. The summed E-state index contributed by atoms with van der Waals surface area (Å²) in [4.78, 5) is 43.3. The summed E-state index contributed by atoms with van der Waals surface area (Å²) >= 11 is 0. The normalized spacial score (nSPS) is 51.4. The third-order valence-electron chi connectivity index (χ3n) is 19.2. The van der Waals surface area contributed by atoms with Crippen LogP contribution in [0.2, 0.25) is 0 Å². The quantitative estimate of drug-likeness (QED) is 0.231. The van der Waals surface area contributed by atoms with Crippen molar-refractivity contribution in [2.75, 3.05) is 53.0 Å². The summed E-state index contributed by atoms with van der Waals surface area (Å²) in [6.45, 7) is 9.89. The fourth-order valence-electron chi connectivity index (χ4n) is 18.7. The van der Waals surface area contributed by atoms with E-state index in [1.54, 1.807) is 59.6 Å². The van der Waals surface area contributed by atoms with Crippen molar-refractivity contribution in [1.82, 2.24) is 4.90 Å². The fraction of sp³-hybridized carbons (Fsp3) is 0.816. The van der Waals surface area contributed by atoms with E-state index in [4.69, 9.17) is 29.4 Å². The van der Waals surface area contributed by atoms with Crippen molar-refractivity contribution in [3.8, 4) is 0 Å². The zero-order valence-electron chi connectivity index (χ0n) is 38.2. The molecule has 13 nitrogen and oxygen atoms in total. The van der Waals surface area contributed by atoms with E-state index in [-0.39, 0.29) is 90.0 Å². The lowest BCUT2D eigenvalue weighted by Crippen LogP contribution is -2.82. The second kappa shape index (κ2) is 14.3. The van der Waals surface area contributed by atoms with E-state index in [2.05, 4.69) is 25.7 Å². The molecule has 2 amide bonds. The molecule has 11 bridgehead atoms. The lowest BCUT2D eigenvalue weighted by Gasteiger charge is -2.70. The molecule has 9 aliphatic carbocycles. The van der Waals surface area contributed by atoms with Crippen LogP contribution < -0.4 is 10.6 Å². The molecule has 342 valence electrons. The van der Waals surface area contributed by atoms with Crippen LogP contribution in [0, 0.1) is 57.2 Å². The van der Waals surface area contributed by atoms with Gasteiger partial charge in [-0.1, -0.05) is 39.8 Å². The first-order valence-corrected chi connectivity index (χ1v) is 23.6. The molecule has 2 saturated heterocycles. The van der Waals surface area contributed by atoms with Gasteiger partial charge in [0.2, 0.25) is 11.8 Å². The van der Waals surface area contributed by atoms with E-state index in [0.717, 1.165) is 17.2 Å². The lowest BCUT2D eigenvalue weighted by molar-refractivity contribution is -0.320. The Bertz CT molecular complexity index is 1970. The summed E-state index contributed by atoms with van der Waals surface area (Å²) in [5.41, 5.74) is 3.74. The maximum absolute atomic E-state index is 14.1. The molecular formula is C49H71N3O10. The van der Waals surface area contributed by atoms with Gasteiger partial charge < -0.3 is 39.6 Å². The number of hydrogen-bond donors (Lipinski definition) is 3. The van der Waals surface area contributed by atoms with Crippen LogP contribution in [0.4, 0.5) is 5.69 Å². The first-order chi connectivity index (χ1) is 29.3. The van der Waals surface area contributed by atoms with Gasteiger partial charge in [-0.05, 0) is 99.1 Å². The number of para-hydroxylation sites is 1. The van der Waals surface area contributed by atoms with E-state index in [1.165, 1.54) is 38.5 Å². The number of carbonyl (C=O) groups is 3. The number of rotatable bonds is 9. The number of benzene rings is 1. The van der Waals surface area contributed by atoms with E-state index in [9.17, 15) is 24.6 Å². The number of likely N-dealkylation sites (tertiary alicyclic amines) is 1. The summed E-state index contributed by atoms with van der Waals surface area (Å²) in [7, 11) is 6.70. The number of aliphatic hydroxyl groups is 2. The SMILES string of the molecule is CC12CC3CC(C)(C1)CC(N)(C3)C2.CCN1CC2(COC(=O)c3ccccc3N3C(=O)CC(C)C3=O)CCC(OC)C34C5CC6C(OC)CC(O)(C5C6OC)C(O)(C(OC)C23)C14. The molecule has 12 rings (SSSR count). The van der Waals surface area contributed by atoms with Crippen LogP contribution in [-0.2, 0) is 33.3 Å². The Kier molecular flexibility index (Phi) is 9.98. The number of esters is 1. The van der Waals surface area contributed by atoms with Crippen LogP contribution in [0.5, 0.6) is 0 Å². The number of hydrogen-bond acceptors (Lipinski definition) is 12. The zero-order chi connectivity index (χ0) is 44.2. The summed E-state index contributed by atoms with van der Waals surface area (Å²) in [5, 5.41) is 26.6. The van der Waals surface area contributed by atoms with Gasteiger partial charge in [0.1, 0.15) is 11.2 Å². The number of methoxy groups -OCH3 is 4. The minimum Gasteiger partial charge on any atom is -0.461 e. The Labute approximate surface area is 367 Å². The molecule has 13 heteroatoms. The summed E-state index contributed by atoms with van der Waals surface area (Å²) < 4.78 is 31.4. The predicted molar refractivity (Wildman–Crippen MR) is 229 cm³/mol. The number of fused-ring (bicyclic) bond motifs is 2. The molecule has 1 spiro atoms. The van der Waals surface area contributed by atoms with Gasteiger partial charge in [0.05, 0.1) is 48.3 Å². The standard InChI is InChI=1S/C37H50N2O10.C12H21N/c1-7-38-17-34(18-49-32(42)20-10-8-9-11-23(20)39-26(40)14-19(2)31(39)41)13-12-25(46-4)36-22-15-21-24(45-3)16-35(43,27(22)28(21)47-5)37(44,33(36)38)30(48-6)29(34)36;1-10-3-9-4-11(2,6-10)8-12(13,5-9)7-10/h8-11,19,21-22,24-25,27-30,33,43-44H,7,12-18H2,1-6H3;9H,3-8,13H2,1-2H3. The number of carbonyl (C=O) groups excluding carboxylic acids is 3. The molecule has 0 aromatic heterocycles. The number of ether oxygens (including phenoxy) is 5. The maximum atomic E-state index is 14.1. The molecule has 11 fully saturated rings. The Morgan fingerprint density at radius 2 is 1.65 bits per heavy atom. The number of likely N-dealkylation sites (N-methyl/N-ethyl adjacent to an activating group) is 1. The van der Waals surface area contributed by atoms with E-state index in [1.807, 2.05) is 0 Å². The molecule has 0 radical (unpaired) electrons. The second-order valence-corrected chi connectivity index (χ2v) is 22.9. The first-order valence-electron chi connectivity index (χ1n) is 23.6. The van der Waals surface area contributed by atoms with E-state index in [0.29, 0.717) is 36.8 Å². The number of nitrogens with two attached hydrogens (primary N) is 1. The van der Waals surface area contributed by atoms with Gasteiger partial charge >= 0.3 is 5.97 Å². The average molecular weight is 862 g/mol. The fourth-order valence-corrected chi connectivity index (χ4v) is 18.7. The van der Waals surface area contributed by atoms with Crippen LogP contribution in [0.1, 0.15) is 109 Å². The van der Waals surface area contributed by atoms with E-state index >= 15 is 0 Å². The minimum atomic E-state index is -1.70. The van der Waals surface area contributed by atoms with Crippen molar-refractivity contribution in [2.45, 2.75) is 146 Å². The molecule has 16 unspecified atom stereocenters. The Morgan fingerprint density at radius 3 is 2.23 bits per heavy atom. The second-order valence-electron chi connectivity index (χ2n) is 22.9. The molecule has 1 aromatic rings. The van der Waals surface area contributed by atoms with Gasteiger partial charge in [0.25, 0.3) is 0 Å². The topological polar surface area (TPSA) is 170 Å². The molecule has 2 aliphatic heterocycles. The van der Waals surface area contributed by atoms with Crippen molar-refractivity contribution in [1.29, 1.82) is 0 Å². The smallest absolute Gasteiger partial charge is 0.340 e. The zero-order valence-corrected chi connectivity index (χ0v) is 38.2. The van der Waals surface area contributed by atoms with Crippen LogP contribution >= 0.6 is 0 Å². The van der Waals surface area contributed by atoms with Gasteiger partial charge in [-0.15, -0.1) is 0 Å². The van der Waals surface area contributed by atoms with Gasteiger partial charge in [-0.25, -0.2) is 9.69 Å². The van der Waals surface area contributed by atoms with Crippen LogP contribution in [-0.4, -0.2) is 128 Å². The highest BCUT2D eigenvalue weighted by Crippen LogP contribution is 2.80. The molecule has 9 saturated carbocycles. The van der Waals surface area contributed by atoms with Crippen LogP contribution in [0.3, 0.4) is 0 Å². The largest absolute Gasteiger partial charge is 0.461 e. The Morgan fingerprint density at radius 1 is 0.935 bits per heavy atom. The highest BCUT2D eigenvalue weighted by atomic mass is 16.5. The van der Waals surface area contributed by atoms with Gasteiger partial charge in [0, 0.05) is 87.9 Å². The monoisotopic (exact) mass is 862 g/mol. The highest BCUT2D eigenvalue weighted by molar-refractivity contribution is 6.22. The summed E-state index contributed by atoms with van der Waals surface area (Å²) in [5.74, 6) is -1.52. The number of imide groups is 1. The van der Waals surface area contributed by atoms with Gasteiger partial charge in [-0.2, -0.15) is 0 Å². The summed E-state index contributed by atoms with van der Waals surface area (Å²) in [6, 6.07) is 6.12. The number of anilines is 1. The van der Waals surface area contributed by atoms with Gasteiger partial charge in [0.15, 0.2) is 0 Å². The first kappa shape index (κ1) is 43.4. The van der Waals surface area contributed by atoms with Crippen molar-refractivity contribution in [3.05, 3.63) is 29.8 Å². The van der Waals surface area contributed by atoms with E-state index < -0.39 is 46.1 Å². The molecule has 11 aliphatic rings. The molecule has 62 heavy (non-hydrogen) atoms.